The molecule has 1 aliphatic heterocycles. The maximum Gasteiger partial charge on any atom is 0.160 e. The molecule has 0 bridgehead atoms. The number of aliphatic hydroxyl groups is 1. The van der Waals surface area contributed by atoms with Crippen molar-refractivity contribution in [2.75, 3.05) is 27.2 Å². The molecule has 0 amide bonds. The highest BCUT2D eigenvalue weighted by Gasteiger charge is 2.36. The minimum atomic E-state index is -0.866. The van der Waals surface area contributed by atoms with E-state index in [4.69, 9.17) is 4.84 Å². The number of likely N-dealkylation sites (tertiary alicyclic amines) is 1. The van der Waals surface area contributed by atoms with Crippen LogP contribution in [0.1, 0.15) is 40.0 Å². The summed E-state index contributed by atoms with van der Waals surface area (Å²) in [7, 11) is 3.24. The van der Waals surface area contributed by atoms with Gasteiger partial charge in [-0.3, -0.25) is 19.6 Å². The molecule has 0 aromatic carbocycles. The summed E-state index contributed by atoms with van der Waals surface area (Å²) in [6.07, 6.45) is 4.49. The van der Waals surface area contributed by atoms with E-state index >= 15 is 0 Å². The van der Waals surface area contributed by atoms with Gasteiger partial charge in [0.2, 0.25) is 0 Å². The predicted molar refractivity (Wildman–Crippen MR) is 79.0 cm³/mol. The van der Waals surface area contributed by atoms with Crippen LogP contribution in [0, 0.1) is 0 Å². The first-order valence-corrected chi connectivity index (χ1v) is 7.12. The van der Waals surface area contributed by atoms with Crippen molar-refractivity contribution in [2.24, 2.45) is 0 Å². The maximum atomic E-state index is 11.9. The average molecular weight is 284 g/mol. The lowest BCUT2D eigenvalue weighted by molar-refractivity contribution is -0.122. The van der Waals surface area contributed by atoms with Gasteiger partial charge in [0.05, 0.1) is 12.7 Å². The van der Waals surface area contributed by atoms with Crippen LogP contribution in [0.4, 0.5) is 0 Å². The van der Waals surface area contributed by atoms with Crippen LogP contribution in [0.25, 0.3) is 0 Å². The Bertz CT molecular complexity index is 353. The minimum Gasteiger partial charge on any atom is -0.389 e. The molecule has 1 aliphatic rings. The molecular weight excluding hydrogens is 256 g/mol. The average Bonchev–Trinajstić information content (AvgIpc) is 2.34. The highest BCUT2D eigenvalue weighted by Crippen LogP contribution is 2.29. The Morgan fingerprint density at radius 3 is 2.40 bits per heavy atom. The van der Waals surface area contributed by atoms with Gasteiger partial charge in [-0.1, -0.05) is 0 Å². The second kappa shape index (κ2) is 6.70. The molecule has 1 fully saturated rings. The van der Waals surface area contributed by atoms with E-state index in [1.165, 1.54) is 18.2 Å². The van der Waals surface area contributed by atoms with Crippen molar-refractivity contribution in [2.45, 2.75) is 51.2 Å². The van der Waals surface area contributed by atoms with Gasteiger partial charge in [0, 0.05) is 38.3 Å². The Morgan fingerprint density at radius 1 is 1.40 bits per heavy atom. The van der Waals surface area contributed by atoms with Crippen LogP contribution in [0.2, 0.25) is 0 Å². The van der Waals surface area contributed by atoms with Gasteiger partial charge in [0.25, 0.3) is 0 Å². The molecule has 20 heavy (non-hydrogen) atoms. The van der Waals surface area contributed by atoms with Crippen molar-refractivity contribution in [1.82, 2.24) is 9.96 Å². The van der Waals surface area contributed by atoms with Gasteiger partial charge in [-0.15, -0.1) is 0 Å². The summed E-state index contributed by atoms with van der Waals surface area (Å²) in [6.45, 7) is 8.17. The zero-order valence-corrected chi connectivity index (χ0v) is 13.3. The van der Waals surface area contributed by atoms with Gasteiger partial charge in [0.1, 0.15) is 0 Å². The molecule has 0 aromatic heterocycles. The molecule has 0 saturated carbocycles. The topological polar surface area (TPSA) is 53.0 Å². The third-order valence-corrected chi connectivity index (χ3v) is 3.90. The van der Waals surface area contributed by atoms with Crippen LogP contribution >= 0.6 is 0 Å². The van der Waals surface area contributed by atoms with E-state index in [0.717, 1.165) is 13.1 Å². The van der Waals surface area contributed by atoms with Crippen LogP contribution in [-0.4, -0.2) is 59.2 Å². The second-order valence-corrected chi connectivity index (χ2v) is 6.57. The number of nitrogens with zero attached hydrogens (tertiary/aromatic N) is 2. The molecule has 1 heterocycles. The molecule has 0 radical (unpaired) electrons. The fourth-order valence-electron chi connectivity index (χ4n) is 2.40. The van der Waals surface area contributed by atoms with Crippen LogP contribution in [0.15, 0.2) is 12.3 Å². The fraction of sp³-hybridized carbons (Fsp3) is 0.800. The second-order valence-electron chi connectivity index (χ2n) is 6.57. The normalized spacial score (nSPS) is 20.3. The van der Waals surface area contributed by atoms with E-state index in [2.05, 4.69) is 25.7 Å². The smallest absolute Gasteiger partial charge is 0.160 e. The summed E-state index contributed by atoms with van der Waals surface area (Å²) in [5, 5.41) is 12.0. The van der Waals surface area contributed by atoms with E-state index in [0.29, 0.717) is 12.8 Å². The quantitative estimate of drug-likeness (QED) is 0.613. The van der Waals surface area contributed by atoms with Gasteiger partial charge >= 0.3 is 0 Å². The van der Waals surface area contributed by atoms with Crippen molar-refractivity contribution in [3.05, 3.63) is 12.3 Å². The first-order chi connectivity index (χ1) is 9.16. The van der Waals surface area contributed by atoms with Gasteiger partial charge in [-0.05, 0) is 39.7 Å². The van der Waals surface area contributed by atoms with Crippen LogP contribution in [0.3, 0.4) is 0 Å². The Labute approximate surface area is 122 Å². The van der Waals surface area contributed by atoms with Crippen molar-refractivity contribution in [1.29, 1.82) is 0 Å². The summed E-state index contributed by atoms with van der Waals surface area (Å²) in [6, 6.07) is 0. The van der Waals surface area contributed by atoms with E-state index in [1.54, 1.807) is 13.2 Å². The fourth-order valence-corrected chi connectivity index (χ4v) is 2.40. The van der Waals surface area contributed by atoms with E-state index < -0.39 is 5.60 Å². The van der Waals surface area contributed by atoms with Gasteiger partial charge < -0.3 is 5.11 Å². The number of piperidine rings is 1. The van der Waals surface area contributed by atoms with Crippen molar-refractivity contribution in [3.8, 4) is 0 Å². The third kappa shape index (κ3) is 5.23. The van der Waals surface area contributed by atoms with Gasteiger partial charge in [-0.25, -0.2) is 0 Å². The molecule has 0 spiro atoms. The largest absolute Gasteiger partial charge is 0.389 e. The lowest BCUT2D eigenvalue weighted by Crippen LogP contribution is -2.51. The Morgan fingerprint density at radius 2 is 1.95 bits per heavy atom. The molecule has 0 atom stereocenters. The number of hydrogen-bond donors (Lipinski definition) is 1. The summed E-state index contributed by atoms with van der Waals surface area (Å²) in [4.78, 5) is 19.1. The van der Waals surface area contributed by atoms with Crippen LogP contribution in [-0.2, 0) is 9.63 Å². The highest BCUT2D eigenvalue weighted by atomic mass is 16.7. The molecule has 1 rings (SSSR count). The Hall–Kier alpha value is -0.910. The van der Waals surface area contributed by atoms with E-state index in [9.17, 15) is 9.90 Å². The van der Waals surface area contributed by atoms with Crippen molar-refractivity contribution >= 4 is 5.78 Å². The van der Waals surface area contributed by atoms with Crippen LogP contribution in [0.5, 0.6) is 0 Å². The number of rotatable bonds is 5. The summed E-state index contributed by atoms with van der Waals surface area (Å²) in [5.41, 5.74) is -0.749. The number of hydroxylamine groups is 2. The SMILES string of the molecule is CON(C)/C=C/C(=O)CC1(O)CCN(C(C)(C)C)CC1. The zero-order chi connectivity index (χ0) is 15.4. The number of allylic oxidation sites excluding steroid dienone is 1. The van der Waals surface area contributed by atoms with Crippen LogP contribution < -0.4 is 0 Å². The predicted octanol–water partition coefficient (Wildman–Crippen LogP) is 1.58. The molecule has 1 N–H and O–H groups in total. The summed E-state index contributed by atoms with van der Waals surface area (Å²) < 4.78 is 0. The third-order valence-electron chi connectivity index (χ3n) is 3.90. The van der Waals surface area contributed by atoms with E-state index in [-0.39, 0.29) is 17.7 Å². The molecule has 0 aliphatic carbocycles. The Kier molecular flexibility index (Phi) is 5.74. The lowest BCUT2D eigenvalue weighted by Gasteiger charge is -2.44. The summed E-state index contributed by atoms with van der Waals surface area (Å²) in [5.74, 6) is -0.0689. The molecule has 116 valence electrons. The number of carbonyl (C=O) groups excluding carboxylic acids is 1. The van der Waals surface area contributed by atoms with E-state index in [1.807, 2.05) is 0 Å². The zero-order valence-electron chi connectivity index (χ0n) is 13.3. The minimum absolute atomic E-state index is 0.0689. The lowest BCUT2D eigenvalue weighted by atomic mass is 9.85. The van der Waals surface area contributed by atoms with Crippen molar-refractivity contribution < 1.29 is 14.7 Å². The molecule has 0 unspecified atom stereocenters. The molecule has 5 heteroatoms. The van der Waals surface area contributed by atoms with Gasteiger partial charge in [0.15, 0.2) is 5.78 Å². The monoisotopic (exact) mass is 284 g/mol. The molecule has 5 nitrogen and oxygen atoms in total. The number of carbonyl (C=O) groups is 1. The van der Waals surface area contributed by atoms with Gasteiger partial charge in [-0.2, -0.15) is 0 Å². The number of ketones is 1. The summed E-state index contributed by atoms with van der Waals surface area (Å²) >= 11 is 0. The number of hydrogen-bond acceptors (Lipinski definition) is 5. The first kappa shape index (κ1) is 17.1. The Balaban J connectivity index is 2.49. The standard InChI is InChI=1S/C15H28N2O3/c1-14(2,3)17-10-7-15(19,8-11-17)12-13(18)6-9-16(4)20-5/h6,9,19H,7-8,10-12H2,1-5H3/b9-6+. The highest BCUT2D eigenvalue weighted by molar-refractivity contribution is 5.90. The maximum absolute atomic E-state index is 11.9. The first-order valence-electron chi connectivity index (χ1n) is 7.12. The molecular formula is C15H28N2O3. The van der Waals surface area contributed by atoms with Crippen molar-refractivity contribution in [3.63, 3.8) is 0 Å². The molecule has 0 aromatic rings. The molecule has 1 saturated heterocycles.